The molecule has 2 bridgehead atoms. The molecule has 0 saturated carbocycles. The summed E-state index contributed by atoms with van der Waals surface area (Å²) in [5, 5.41) is -0.0345. The first-order valence-corrected chi connectivity index (χ1v) is 14.9. The highest BCUT2D eigenvalue weighted by Gasteiger charge is 2.54. The molecule has 41 heavy (non-hydrogen) atoms. The highest BCUT2D eigenvalue weighted by molar-refractivity contribution is 6.30. The lowest BCUT2D eigenvalue weighted by Gasteiger charge is -2.48. The standard InChI is InChI=1S/C28H35ClF2N6O4/c1-14-21-17-7-6-16(37(17)26(38)41-27(2,3)4)12-36(21)23-18-20(19(31)22(29)33-24(18)40-14)32-25(34-23)39-13-28-8-5-9-35(28)11-15(30)10-28/h14-17,21H,5-13H2,1-4H3/t14-,15+,16+,17-,21+,28-/m0/s1. The number of nitrogens with zero attached hydrogens (tertiary/aromatic N) is 6. The maximum Gasteiger partial charge on any atom is 0.410 e. The van der Waals surface area contributed by atoms with E-state index in [-0.39, 0.29) is 53.4 Å². The van der Waals surface area contributed by atoms with E-state index >= 15 is 4.39 Å². The van der Waals surface area contributed by atoms with E-state index in [2.05, 4.69) is 19.8 Å². The highest BCUT2D eigenvalue weighted by atomic mass is 35.5. The molecule has 1 amide bonds. The average Bonchev–Trinajstić information content (AvgIpc) is 3.49. The maximum atomic E-state index is 15.5. The molecule has 5 aliphatic heterocycles. The van der Waals surface area contributed by atoms with E-state index in [1.807, 2.05) is 32.6 Å². The normalized spacial score (nSPS) is 32.5. The van der Waals surface area contributed by atoms with Crippen molar-refractivity contribution in [3.8, 4) is 11.9 Å². The molecule has 222 valence electrons. The fourth-order valence-electron chi connectivity index (χ4n) is 7.70. The molecule has 0 N–H and O–H groups in total. The molecule has 0 spiro atoms. The molecule has 7 heterocycles. The number of hydrogen-bond donors (Lipinski definition) is 0. The minimum Gasteiger partial charge on any atom is -0.472 e. The Morgan fingerprint density at radius 1 is 1.22 bits per heavy atom. The van der Waals surface area contributed by atoms with Crippen LogP contribution in [-0.4, -0.2) is 98.6 Å². The molecule has 0 aliphatic carbocycles. The Morgan fingerprint density at radius 3 is 2.80 bits per heavy atom. The molecule has 4 fully saturated rings. The van der Waals surface area contributed by atoms with Crippen molar-refractivity contribution in [2.45, 2.75) is 101 Å². The molecule has 13 heteroatoms. The second-order valence-electron chi connectivity index (χ2n) is 13.1. The van der Waals surface area contributed by atoms with Gasteiger partial charge < -0.3 is 19.1 Å². The van der Waals surface area contributed by atoms with Crippen LogP contribution in [0.15, 0.2) is 0 Å². The van der Waals surface area contributed by atoms with Gasteiger partial charge in [-0.15, -0.1) is 0 Å². The van der Waals surface area contributed by atoms with Crippen LogP contribution in [0, 0.1) is 5.82 Å². The third kappa shape index (κ3) is 4.35. The molecular formula is C28H35ClF2N6O4. The summed E-state index contributed by atoms with van der Waals surface area (Å²) < 4.78 is 48.1. The third-order valence-electron chi connectivity index (χ3n) is 9.27. The number of rotatable bonds is 3. The zero-order chi connectivity index (χ0) is 28.8. The summed E-state index contributed by atoms with van der Waals surface area (Å²) in [5.41, 5.74) is -1.08. The van der Waals surface area contributed by atoms with Crippen molar-refractivity contribution >= 4 is 34.4 Å². The predicted molar refractivity (Wildman–Crippen MR) is 147 cm³/mol. The van der Waals surface area contributed by atoms with Crippen molar-refractivity contribution < 1.29 is 27.8 Å². The number of aromatic nitrogens is 3. The number of carbonyl (C=O) groups excluding carboxylic acids is 1. The minimum absolute atomic E-state index is 0.00151. The van der Waals surface area contributed by atoms with Crippen molar-refractivity contribution in [2.75, 3.05) is 31.1 Å². The summed E-state index contributed by atoms with van der Waals surface area (Å²) in [7, 11) is 0. The van der Waals surface area contributed by atoms with Gasteiger partial charge in [0.05, 0.1) is 23.7 Å². The van der Waals surface area contributed by atoms with Crippen LogP contribution in [0.3, 0.4) is 0 Å². The van der Waals surface area contributed by atoms with Gasteiger partial charge in [-0.3, -0.25) is 9.80 Å². The second kappa shape index (κ2) is 9.39. The number of halogens is 3. The third-order valence-corrected chi connectivity index (χ3v) is 9.52. The highest BCUT2D eigenvalue weighted by Crippen LogP contribution is 2.46. The van der Waals surface area contributed by atoms with Crippen LogP contribution in [-0.2, 0) is 4.74 Å². The van der Waals surface area contributed by atoms with Gasteiger partial charge in [0.1, 0.15) is 41.2 Å². The van der Waals surface area contributed by atoms with Crippen LogP contribution in [0.2, 0.25) is 5.15 Å². The number of alkyl halides is 1. The number of carbonyl (C=O) groups is 1. The minimum atomic E-state index is -0.901. The fourth-order valence-corrected chi connectivity index (χ4v) is 7.87. The number of hydrogen-bond acceptors (Lipinski definition) is 9. The predicted octanol–water partition coefficient (Wildman–Crippen LogP) is 4.51. The summed E-state index contributed by atoms with van der Waals surface area (Å²) >= 11 is 6.21. The molecule has 10 nitrogen and oxygen atoms in total. The molecule has 2 aromatic heterocycles. The van der Waals surface area contributed by atoms with E-state index in [9.17, 15) is 9.18 Å². The molecule has 2 aromatic rings. The number of amides is 1. The Balaban J connectivity index is 1.28. The molecular weight excluding hydrogens is 558 g/mol. The van der Waals surface area contributed by atoms with E-state index in [1.54, 1.807) is 0 Å². The monoisotopic (exact) mass is 592 g/mol. The Bertz CT molecular complexity index is 1410. The van der Waals surface area contributed by atoms with Crippen LogP contribution < -0.4 is 14.4 Å². The fraction of sp³-hybridized carbons (Fsp3) is 0.714. The molecule has 0 aromatic carbocycles. The van der Waals surface area contributed by atoms with Crippen molar-refractivity contribution in [1.29, 1.82) is 0 Å². The van der Waals surface area contributed by atoms with Crippen molar-refractivity contribution in [2.24, 2.45) is 0 Å². The molecule has 0 unspecified atom stereocenters. The summed E-state index contributed by atoms with van der Waals surface area (Å²) in [6.07, 6.45) is 2.05. The summed E-state index contributed by atoms with van der Waals surface area (Å²) in [6, 6.07) is -0.647. The zero-order valence-electron chi connectivity index (χ0n) is 23.7. The van der Waals surface area contributed by atoms with Gasteiger partial charge in [-0.1, -0.05) is 11.6 Å². The number of pyridine rings is 1. The largest absolute Gasteiger partial charge is 0.472 e. The lowest BCUT2D eigenvalue weighted by atomic mass is 9.95. The maximum absolute atomic E-state index is 15.5. The molecule has 7 rings (SSSR count). The number of piperazine rings is 1. The Labute approximate surface area is 242 Å². The summed E-state index contributed by atoms with van der Waals surface area (Å²) in [5.74, 6) is -0.200. The van der Waals surface area contributed by atoms with Gasteiger partial charge in [-0.25, -0.2) is 13.6 Å². The zero-order valence-corrected chi connectivity index (χ0v) is 24.5. The molecule has 5 aliphatic rings. The number of fused-ring (bicyclic) bond motifs is 6. The van der Waals surface area contributed by atoms with Crippen LogP contribution in [0.25, 0.3) is 10.9 Å². The van der Waals surface area contributed by atoms with Gasteiger partial charge in [0.2, 0.25) is 5.88 Å². The first-order valence-electron chi connectivity index (χ1n) is 14.5. The van der Waals surface area contributed by atoms with Crippen molar-refractivity contribution in [3.05, 3.63) is 11.0 Å². The van der Waals surface area contributed by atoms with Crippen LogP contribution in [0.5, 0.6) is 11.9 Å². The second-order valence-corrected chi connectivity index (χ2v) is 13.4. The van der Waals surface area contributed by atoms with Crippen LogP contribution in [0.1, 0.15) is 59.8 Å². The average molecular weight is 593 g/mol. The van der Waals surface area contributed by atoms with Crippen LogP contribution in [0.4, 0.5) is 19.4 Å². The van der Waals surface area contributed by atoms with Gasteiger partial charge in [0.15, 0.2) is 11.0 Å². The van der Waals surface area contributed by atoms with Gasteiger partial charge in [0.25, 0.3) is 0 Å². The Kier molecular flexibility index (Phi) is 6.21. The Hall–Kier alpha value is -2.73. The lowest BCUT2D eigenvalue weighted by molar-refractivity contribution is 0.000935. The van der Waals surface area contributed by atoms with E-state index in [0.717, 1.165) is 32.2 Å². The number of ether oxygens (including phenoxy) is 3. The van der Waals surface area contributed by atoms with E-state index < -0.39 is 29.2 Å². The Morgan fingerprint density at radius 2 is 2.02 bits per heavy atom. The first kappa shape index (κ1) is 27.1. The molecule has 6 atom stereocenters. The van der Waals surface area contributed by atoms with E-state index in [0.29, 0.717) is 30.7 Å². The first-order chi connectivity index (χ1) is 19.4. The van der Waals surface area contributed by atoms with Gasteiger partial charge >= 0.3 is 12.1 Å². The van der Waals surface area contributed by atoms with Crippen molar-refractivity contribution in [3.63, 3.8) is 0 Å². The lowest BCUT2D eigenvalue weighted by Crippen LogP contribution is -2.65. The van der Waals surface area contributed by atoms with Gasteiger partial charge in [-0.2, -0.15) is 15.0 Å². The number of anilines is 1. The van der Waals surface area contributed by atoms with Gasteiger partial charge in [0, 0.05) is 19.5 Å². The quantitative estimate of drug-likeness (QED) is 0.477. The van der Waals surface area contributed by atoms with Crippen molar-refractivity contribution in [1.82, 2.24) is 24.8 Å². The summed E-state index contributed by atoms with van der Waals surface area (Å²) in [6.45, 7) is 9.34. The topological polar surface area (TPSA) is 93.2 Å². The van der Waals surface area contributed by atoms with Crippen LogP contribution >= 0.6 is 11.6 Å². The molecule has 0 radical (unpaired) electrons. The summed E-state index contributed by atoms with van der Waals surface area (Å²) in [4.78, 5) is 32.8. The van der Waals surface area contributed by atoms with E-state index in [1.165, 1.54) is 0 Å². The van der Waals surface area contributed by atoms with Gasteiger partial charge in [-0.05, 0) is 59.9 Å². The van der Waals surface area contributed by atoms with E-state index in [4.69, 9.17) is 30.8 Å². The molecule has 4 saturated heterocycles. The SMILES string of the molecule is C[C@@H]1Oc2nc(Cl)c(F)c3nc(OC[C@@]45CCCN4C[C@H](F)C5)nc(c23)N2C[C@H]3CC[C@@H]([C@@H]12)N3C(=O)OC(C)(C)C. The smallest absolute Gasteiger partial charge is 0.410 e.